The SMILES string of the molecule is COc1cc(CNC(=O)c2ccc3cc4cc5cc6cc(C(=O)NCc7cc(OC)cc(OC)c7)ccc6cc5cc4cc3c2)cc(OC)c1. The Kier molecular flexibility index (Phi) is 8.83. The third kappa shape index (κ3) is 6.69. The molecular formula is C42H36N2O6. The minimum absolute atomic E-state index is 0.160. The predicted octanol–water partition coefficient (Wildman–Crippen LogP) is 8.19. The maximum Gasteiger partial charge on any atom is 0.251 e. The van der Waals surface area contributed by atoms with Crippen LogP contribution in [0.2, 0.25) is 0 Å². The molecule has 0 saturated heterocycles. The molecule has 0 aliphatic heterocycles. The van der Waals surface area contributed by atoms with Crippen LogP contribution in [-0.4, -0.2) is 40.3 Å². The van der Waals surface area contributed by atoms with Gasteiger partial charge in [-0.2, -0.15) is 0 Å². The number of ether oxygens (including phenoxy) is 4. The maximum absolute atomic E-state index is 13.1. The molecule has 250 valence electrons. The van der Waals surface area contributed by atoms with Crippen LogP contribution in [0.15, 0.2) is 109 Å². The van der Waals surface area contributed by atoms with Crippen molar-refractivity contribution in [2.45, 2.75) is 13.1 Å². The number of rotatable bonds is 10. The first-order valence-corrected chi connectivity index (χ1v) is 16.2. The Hall–Kier alpha value is -6.28. The van der Waals surface area contributed by atoms with Gasteiger partial charge in [-0.25, -0.2) is 0 Å². The monoisotopic (exact) mass is 664 g/mol. The van der Waals surface area contributed by atoms with Crippen LogP contribution < -0.4 is 29.6 Å². The van der Waals surface area contributed by atoms with Crippen molar-refractivity contribution in [2.75, 3.05) is 28.4 Å². The molecule has 7 aromatic rings. The number of carbonyl (C=O) groups excluding carboxylic acids is 2. The molecule has 0 aromatic heterocycles. The quantitative estimate of drug-likeness (QED) is 0.143. The van der Waals surface area contributed by atoms with Gasteiger partial charge in [0.25, 0.3) is 11.8 Å². The Morgan fingerprint density at radius 2 is 0.700 bits per heavy atom. The molecule has 0 fully saturated rings. The molecule has 0 saturated carbocycles. The Labute approximate surface area is 289 Å². The van der Waals surface area contributed by atoms with Crippen molar-refractivity contribution in [3.8, 4) is 23.0 Å². The van der Waals surface area contributed by atoms with Crippen LogP contribution >= 0.6 is 0 Å². The molecule has 0 aliphatic rings. The zero-order chi connectivity index (χ0) is 34.8. The van der Waals surface area contributed by atoms with Gasteiger partial charge < -0.3 is 29.6 Å². The minimum atomic E-state index is -0.160. The average Bonchev–Trinajstić information content (AvgIpc) is 3.15. The molecule has 50 heavy (non-hydrogen) atoms. The summed E-state index contributed by atoms with van der Waals surface area (Å²) in [5, 5.41) is 14.4. The van der Waals surface area contributed by atoms with E-state index >= 15 is 0 Å². The zero-order valence-corrected chi connectivity index (χ0v) is 28.3. The van der Waals surface area contributed by atoms with Gasteiger partial charge in [0.2, 0.25) is 0 Å². The second kappa shape index (κ2) is 13.7. The molecule has 0 aliphatic carbocycles. The molecule has 2 amide bonds. The van der Waals surface area contributed by atoms with Crippen molar-refractivity contribution in [3.63, 3.8) is 0 Å². The molecular weight excluding hydrogens is 628 g/mol. The normalized spacial score (nSPS) is 11.1. The van der Waals surface area contributed by atoms with Gasteiger partial charge in [-0.05, 0) is 139 Å². The highest BCUT2D eigenvalue weighted by Crippen LogP contribution is 2.31. The van der Waals surface area contributed by atoms with Crippen LogP contribution in [0.1, 0.15) is 31.8 Å². The molecule has 0 atom stereocenters. The molecule has 0 bridgehead atoms. The Bertz CT molecular complexity index is 2220. The fraction of sp³-hybridized carbons (Fsp3) is 0.143. The number of amides is 2. The number of fused-ring (bicyclic) bond motifs is 4. The van der Waals surface area contributed by atoms with Crippen LogP contribution in [0.4, 0.5) is 0 Å². The van der Waals surface area contributed by atoms with Gasteiger partial charge in [0.05, 0.1) is 28.4 Å². The highest BCUT2D eigenvalue weighted by Gasteiger charge is 2.12. The first kappa shape index (κ1) is 32.3. The van der Waals surface area contributed by atoms with E-state index < -0.39 is 0 Å². The standard InChI is InChI=1S/C42H36N2O6/c1-47-37-9-25(10-38(21-37)48-2)23-43-41(45)29-7-5-27-13-33-20-36-18-32-16-30(8-6-28(32)14-34(36)19-35(33)17-31(27)15-29)42(46)44-24-26-11-39(49-3)22-40(12-26)50-4/h5-22H,23-24H2,1-4H3,(H,43,45)(H,44,46). The van der Waals surface area contributed by atoms with E-state index in [1.54, 1.807) is 40.6 Å². The molecule has 0 heterocycles. The van der Waals surface area contributed by atoms with Crippen molar-refractivity contribution in [1.82, 2.24) is 10.6 Å². The van der Waals surface area contributed by atoms with E-state index in [0.29, 0.717) is 47.2 Å². The van der Waals surface area contributed by atoms with Gasteiger partial charge in [0.1, 0.15) is 23.0 Å². The molecule has 0 radical (unpaired) electrons. The summed E-state index contributed by atoms with van der Waals surface area (Å²) in [5.41, 5.74) is 2.93. The van der Waals surface area contributed by atoms with E-state index in [2.05, 4.69) is 47.0 Å². The summed E-state index contributed by atoms with van der Waals surface area (Å²) in [6, 6.07) is 35.5. The van der Waals surface area contributed by atoms with Crippen LogP contribution in [0, 0.1) is 0 Å². The highest BCUT2D eigenvalue weighted by molar-refractivity contribution is 6.10. The van der Waals surface area contributed by atoms with Crippen molar-refractivity contribution >= 4 is 54.9 Å². The smallest absolute Gasteiger partial charge is 0.251 e. The molecule has 7 aromatic carbocycles. The van der Waals surface area contributed by atoms with E-state index in [1.165, 1.54) is 0 Å². The van der Waals surface area contributed by atoms with Crippen LogP contribution in [-0.2, 0) is 13.1 Å². The summed E-state index contributed by atoms with van der Waals surface area (Å²) >= 11 is 0. The van der Waals surface area contributed by atoms with E-state index in [-0.39, 0.29) is 11.8 Å². The second-order valence-electron chi connectivity index (χ2n) is 12.2. The van der Waals surface area contributed by atoms with Crippen LogP contribution in [0.25, 0.3) is 43.1 Å². The predicted molar refractivity (Wildman–Crippen MR) is 198 cm³/mol. The molecule has 7 rings (SSSR count). The Morgan fingerprint density at radius 3 is 1.02 bits per heavy atom. The van der Waals surface area contributed by atoms with Gasteiger partial charge in [-0.15, -0.1) is 0 Å². The van der Waals surface area contributed by atoms with Gasteiger partial charge in [0.15, 0.2) is 0 Å². The summed E-state index contributed by atoms with van der Waals surface area (Å²) in [4.78, 5) is 26.3. The zero-order valence-electron chi connectivity index (χ0n) is 28.3. The Balaban J connectivity index is 1.11. The second-order valence-corrected chi connectivity index (χ2v) is 12.2. The van der Waals surface area contributed by atoms with E-state index in [4.69, 9.17) is 18.9 Å². The summed E-state index contributed by atoms with van der Waals surface area (Å²) < 4.78 is 21.4. The Morgan fingerprint density at radius 1 is 0.400 bits per heavy atom. The van der Waals surface area contributed by atoms with Gasteiger partial charge in [0, 0.05) is 36.3 Å². The lowest BCUT2D eigenvalue weighted by Crippen LogP contribution is -2.22. The summed E-state index contributed by atoms with van der Waals surface area (Å²) in [6.45, 7) is 0.681. The lowest BCUT2D eigenvalue weighted by Gasteiger charge is -2.11. The number of benzene rings is 7. The van der Waals surface area contributed by atoms with Gasteiger partial charge in [-0.3, -0.25) is 9.59 Å². The molecule has 8 nitrogen and oxygen atoms in total. The largest absolute Gasteiger partial charge is 0.497 e. The van der Waals surface area contributed by atoms with Gasteiger partial charge >= 0.3 is 0 Å². The van der Waals surface area contributed by atoms with Crippen LogP contribution in [0.3, 0.4) is 0 Å². The molecule has 0 spiro atoms. The van der Waals surface area contributed by atoms with Crippen LogP contribution in [0.5, 0.6) is 23.0 Å². The fourth-order valence-electron chi connectivity index (χ4n) is 6.29. The summed E-state index contributed by atoms with van der Waals surface area (Å²) in [7, 11) is 6.40. The number of hydrogen-bond acceptors (Lipinski definition) is 6. The van der Waals surface area contributed by atoms with Gasteiger partial charge in [-0.1, -0.05) is 12.1 Å². The first-order chi connectivity index (χ1) is 24.3. The summed E-state index contributed by atoms with van der Waals surface area (Å²) in [6.07, 6.45) is 0. The number of nitrogens with one attached hydrogen (secondary N) is 2. The lowest BCUT2D eigenvalue weighted by atomic mass is 9.96. The first-order valence-electron chi connectivity index (χ1n) is 16.2. The topological polar surface area (TPSA) is 95.1 Å². The van der Waals surface area contributed by atoms with Crippen molar-refractivity contribution < 1.29 is 28.5 Å². The minimum Gasteiger partial charge on any atom is -0.497 e. The maximum atomic E-state index is 13.1. The van der Waals surface area contributed by atoms with E-state index in [0.717, 1.165) is 54.2 Å². The van der Waals surface area contributed by atoms with Crippen molar-refractivity contribution in [2.24, 2.45) is 0 Å². The third-order valence-corrected chi connectivity index (χ3v) is 8.96. The fourth-order valence-corrected chi connectivity index (χ4v) is 6.29. The number of methoxy groups -OCH3 is 4. The van der Waals surface area contributed by atoms with Crippen molar-refractivity contribution in [3.05, 3.63) is 131 Å². The number of carbonyl (C=O) groups is 2. The molecule has 2 N–H and O–H groups in total. The summed E-state index contributed by atoms with van der Waals surface area (Å²) in [5.74, 6) is 2.36. The molecule has 8 heteroatoms. The highest BCUT2D eigenvalue weighted by atomic mass is 16.5. The molecule has 0 unspecified atom stereocenters. The number of hydrogen-bond donors (Lipinski definition) is 2. The average molecular weight is 665 g/mol. The van der Waals surface area contributed by atoms with E-state index in [9.17, 15) is 9.59 Å². The lowest BCUT2D eigenvalue weighted by molar-refractivity contribution is 0.0943. The third-order valence-electron chi connectivity index (χ3n) is 8.96. The van der Waals surface area contributed by atoms with Crippen molar-refractivity contribution in [1.29, 1.82) is 0 Å². The van der Waals surface area contributed by atoms with E-state index in [1.807, 2.05) is 60.7 Å².